The number of hydrogen-bond donors (Lipinski definition) is 2. The molecule has 1 aliphatic heterocycles. The summed E-state index contributed by atoms with van der Waals surface area (Å²) in [5.74, 6) is 0.00930. The number of rotatable bonds is 5. The molecule has 2 aromatic heterocycles. The molecule has 136 valence electrons. The standard InChI is InChI=1S/C20H25N5O/c1-2-12-24-14-6-16-15-17(4-5-18(16)24)23-19(26)20(7-10-21-11-8-20)25-13-3-9-22-25/h3-6,9,13-15,21H,2,7-8,10-12H2,1H3,(H,23,26). The van der Waals surface area contributed by atoms with Gasteiger partial charge in [0.15, 0.2) is 0 Å². The smallest absolute Gasteiger partial charge is 0.252 e. The summed E-state index contributed by atoms with van der Waals surface area (Å²) in [6.07, 6.45) is 8.30. The number of fused-ring (bicyclic) bond motifs is 1. The topological polar surface area (TPSA) is 63.9 Å². The summed E-state index contributed by atoms with van der Waals surface area (Å²) in [7, 11) is 0. The summed E-state index contributed by atoms with van der Waals surface area (Å²) in [6.45, 7) is 4.80. The van der Waals surface area contributed by atoms with Gasteiger partial charge < -0.3 is 15.2 Å². The van der Waals surface area contributed by atoms with Crippen LogP contribution in [-0.4, -0.2) is 33.3 Å². The molecule has 0 spiro atoms. The molecular weight excluding hydrogens is 326 g/mol. The first-order chi connectivity index (χ1) is 12.7. The Hall–Kier alpha value is -2.60. The van der Waals surface area contributed by atoms with Crippen molar-refractivity contribution >= 4 is 22.5 Å². The zero-order valence-electron chi connectivity index (χ0n) is 15.1. The van der Waals surface area contributed by atoms with Gasteiger partial charge in [-0.05, 0) is 62.7 Å². The molecule has 0 radical (unpaired) electrons. The van der Waals surface area contributed by atoms with Crippen LogP contribution in [0.4, 0.5) is 5.69 Å². The van der Waals surface area contributed by atoms with Crippen LogP contribution in [0.2, 0.25) is 0 Å². The summed E-state index contributed by atoms with van der Waals surface area (Å²) in [6, 6.07) is 10.1. The quantitative estimate of drug-likeness (QED) is 0.743. The second kappa shape index (κ2) is 6.96. The van der Waals surface area contributed by atoms with Gasteiger partial charge in [-0.2, -0.15) is 5.10 Å². The van der Waals surface area contributed by atoms with Crippen LogP contribution in [0.5, 0.6) is 0 Å². The first-order valence-electron chi connectivity index (χ1n) is 9.34. The highest BCUT2D eigenvalue weighted by molar-refractivity contribution is 5.98. The van der Waals surface area contributed by atoms with Crippen molar-refractivity contribution in [2.75, 3.05) is 18.4 Å². The Balaban J connectivity index is 1.61. The Morgan fingerprint density at radius 2 is 2.12 bits per heavy atom. The van der Waals surface area contributed by atoms with Gasteiger partial charge in [0.05, 0.1) is 0 Å². The number of benzene rings is 1. The number of piperidine rings is 1. The minimum absolute atomic E-state index is 0.00930. The van der Waals surface area contributed by atoms with Crippen molar-refractivity contribution in [1.82, 2.24) is 19.7 Å². The predicted octanol–water partition coefficient (Wildman–Crippen LogP) is 2.97. The second-order valence-electron chi connectivity index (χ2n) is 6.97. The van der Waals surface area contributed by atoms with E-state index in [1.54, 1.807) is 6.20 Å². The zero-order valence-corrected chi connectivity index (χ0v) is 15.1. The molecule has 1 amide bonds. The molecule has 6 nitrogen and oxygen atoms in total. The monoisotopic (exact) mass is 351 g/mol. The Bertz CT molecular complexity index is 890. The van der Waals surface area contributed by atoms with E-state index in [2.05, 4.69) is 51.6 Å². The molecule has 0 saturated carbocycles. The number of anilines is 1. The van der Waals surface area contributed by atoms with E-state index in [1.807, 2.05) is 23.0 Å². The molecule has 1 saturated heterocycles. The van der Waals surface area contributed by atoms with Crippen molar-refractivity contribution in [3.8, 4) is 0 Å². The third-order valence-corrected chi connectivity index (χ3v) is 5.29. The molecule has 1 aliphatic rings. The molecule has 0 atom stereocenters. The van der Waals surface area contributed by atoms with Crippen LogP contribution < -0.4 is 10.6 Å². The fraction of sp³-hybridized carbons (Fsp3) is 0.400. The van der Waals surface area contributed by atoms with E-state index >= 15 is 0 Å². The predicted molar refractivity (Wildman–Crippen MR) is 103 cm³/mol. The Morgan fingerprint density at radius 1 is 1.27 bits per heavy atom. The van der Waals surface area contributed by atoms with Crippen molar-refractivity contribution in [3.05, 3.63) is 48.9 Å². The third kappa shape index (κ3) is 2.90. The Kier molecular flexibility index (Phi) is 4.51. The number of nitrogens with zero attached hydrogens (tertiary/aromatic N) is 3. The lowest BCUT2D eigenvalue weighted by atomic mass is 9.87. The lowest BCUT2D eigenvalue weighted by molar-refractivity contribution is -0.126. The lowest BCUT2D eigenvalue weighted by Crippen LogP contribution is -2.52. The maximum atomic E-state index is 13.2. The molecule has 4 rings (SSSR count). The first kappa shape index (κ1) is 16.8. The number of hydrogen-bond acceptors (Lipinski definition) is 3. The van der Waals surface area contributed by atoms with Gasteiger partial charge in [0.1, 0.15) is 5.54 Å². The van der Waals surface area contributed by atoms with E-state index in [0.717, 1.165) is 50.0 Å². The van der Waals surface area contributed by atoms with Crippen LogP contribution in [0, 0.1) is 0 Å². The van der Waals surface area contributed by atoms with Gasteiger partial charge in [-0.25, -0.2) is 0 Å². The SMILES string of the molecule is CCCn1ccc2cc(NC(=O)C3(n4cccn4)CCNCC3)ccc21. The first-order valence-corrected chi connectivity index (χ1v) is 9.34. The van der Waals surface area contributed by atoms with E-state index in [4.69, 9.17) is 0 Å². The van der Waals surface area contributed by atoms with E-state index in [0.29, 0.717) is 0 Å². The number of aryl methyl sites for hydroxylation is 1. The van der Waals surface area contributed by atoms with E-state index in [1.165, 1.54) is 5.52 Å². The molecule has 0 bridgehead atoms. The van der Waals surface area contributed by atoms with Crippen molar-refractivity contribution in [1.29, 1.82) is 0 Å². The fourth-order valence-electron chi connectivity index (χ4n) is 3.88. The molecule has 2 N–H and O–H groups in total. The highest BCUT2D eigenvalue weighted by atomic mass is 16.2. The summed E-state index contributed by atoms with van der Waals surface area (Å²) in [5, 5.41) is 12.0. The maximum absolute atomic E-state index is 13.2. The van der Waals surface area contributed by atoms with Gasteiger partial charge in [0, 0.05) is 41.7 Å². The van der Waals surface area contributed by atoms with Crippen molar-refractivity contribution in [2.45, 2.75) is 38.3 Å². The second-order valence-corrected chi connectivity index (χ2v) is 6.97. The number of carbonyl (C=O) groups excluding carboxylic acids is 1. The van der Waals surface area contributed by atoms with Crippen LogP contribution in [0.1, 0.15) is 26.2 Å². The van der Waals surface area contributed by atoms with Crippen LogP contribution in [0.3, 0.4) is 0 Å². The molecule has 0 aliphatic carbocycles. The van der Waals surface area contributed by atoms with Crippen molar-refractivity contribution in [2.24, 2.45) is 0 Å². The number of carbonyl (C=O) groups is 1. The molecule has 1 aromatic carbocycles. The van der Waals surface area contributed by atoms with Crippen LogP contribution >= 0.6 is 0 Å². The van der Waals surface area contributed by atoms with Gasteiger partial charge >= 0.3 is 0 Å². The minimum atomic E-state index is -0.627. The van der Waals surface area contributed by atoms with Crippen LogP contribution in [0.25, 0.3) is 10.9 Å². The van der Waals surface area contributed by atoms with Crippen molar-refractivity contribution < 1.29 is 4.79 Å². The molecule has 3 heterocycles. The van der Waals surface area contributed by atoms with Gasteiger partial charge in [0.2, 0.25) is 0 Å². The summed E-state index contributed by atoms with van der Waals surface area (Å²) >= 11 is 0. The Morgan fingerprint density at radius 3 is 2.85 bits per heavy atom. The largest absolute Gasteiger partial charge is 0.347 e. The molecule has 3 aromatic rings. The van der Waals surface area contributed by atoms with E-state index in [-0.39, 0.29) is 5.91 Å². The average Bonchev–Trinajstić information content (AvgIpc) is 3.33. The van der Waals surface area contributed by atoms with Gasteiger partial charge in [-0.1, -0.05) is 6.92 Å². The minimum Gasteiger partial charge on any atom is -0.347 e. The van der Waals surface area contributed by atoms with Gasteiger partial charge in [-0.15, -0.1) is 0 Å². The molecule has 26 heavy (non-hydrogen) atoms. The van der Waals surface area contributed by atoms with E-state index < -0.39 is 5.54 Å². The molecular formula is C20H25N5O. The number of aromatic nitrogens is 3. The normalized spacial score (nSPS) is 16.7. The summed E-state index contributed by atoms with van der Waals surface area (Å²) in [4.78, 5) is 13.2. The zero-order chi connectivity index (χ0) is 18.0. The maximum Gasteiger partial charge on any atom is 0.252 e. The molecule has 6 heteroatoms. The van der Waals surface area contributed by atoms with Crippen LogP contribution in [-0.2, 0) is 16.9 Å². The lowest BCUT2D eigenvalue weighted by Gasteiger charge is -2.36. The number of amides is 1. The summed E-state index contributed by atoms with van der Waals surface area (Å²) in [5.41, 5.74) is 1.41. The fourth-order valence-corrected chi connectivity index (χ4v) is 3.88. The van der Waals surface area contributed by atoms with Crippen LogP contribution in [0.15, 0.2) is 48.9 Å². The summed E-state index contributed by atoms with van der Waals surface area (Å²) < 4.78 is 4.07. The van der Waals surface area contributed by atoms with E-state index in [9.17, 15) is 4.79 Å². The molecule has 0 unspecified atom stereocenters. The average molecular weight is 351 g/mol. The van der Waals surface area contributed by atoms with Gasteiger partial charge in [0.25, 0.3) is 5.91 Å². The van der Waals surface area contributed by atoms with Gasteiger partial charge in [-0.3, -0.25) is 9.48 Å². The Labute approximate surface area is 153 Å². The highest BCUT2D eigenvalue weighted by Gasteiger charge is 2.42. The third-order valence-electron chi connectivity index (χ3n) is 5.29. The number of nitrogens with one attached hydrogen (secondary N) is 2. The highest BCUT2D eigenvalue weighted by Crippen LogP contribution is 2.29. The van der Waals surface area contributed by atoms with Crippen molar-refractivity contribution in [3.63, 3.8) is 0 Å². The molecule has 1 fully saturated rings.